The van der Waals surface area contributed by atoms with Crippen LogP contribution in [0.2, 0.25) is 10.0 Å². The maximum atomic E-state index is 12.8. The molecule has 0 bridgehead atoms. The van der Waals surface area contributed by atoms with Gasteiger partial charge in [0.25, 0.3) is 17.7 Å². The third-order valence-electron chi connectivity index (χ3n) is 4.95. The molecule has 3 amide bonds. The van der Waals surface area contributed by atoms with E-state index in [9.17, 15) is 14.4 Å². The molecule has 1 aromatic heterocycles. The first-order chi connectivity index (χ1) is 15.2. The number of nitrogens with zero attached hydrogens (tertiary/aromatic N) is 1. The van der Waals surface area contributed by atoms with Crippen LogP contribution < -0.4 is 16.2 Å². The highest BCUT2D eigenvalue weighted by Gasteiger charge is 2.24. The molecule has 0 fully saturated rings. The fraction of sp³-hybridized carbons (Fsp3) is 0.261. The first-order valence-corrected chi connectivity index (χ1v) is 10.8. The third kappa shape index (κ3) is 5.41. The summed E-state index contributed by atoms with van der Waals surface area (Å²) in [5.74, 6) is -1.38. The van der Waals surface area contributed by atoms with Gasteiger partial charge < -0.3 is 9.88 Å². The summed E-state index contributed by atoms with van der Waals surface area (Å²) < 4.78 is 1.84. The molecule has 0 radical (unpaired) electrons. The van der Waals surface area contributed by atoms with Gasteiger partial charge in [0.1, 0.15) is 6.04 Å². The molecule has 0 spiro atoms. The molecular weight excluding hydrogens is 451 g/mol. The van der Waals surface area contributed by atoms with Gasteiger partial charge in [-0.1, -0.05) is 55.2 Å². The number of hydrazine groups is 1. The summed E-state index contributed by atoms with van der Waals surface area (Å²) in [6, 6.07) is 11.1. The van der Waals surface area contributed by atoms with Gasteiger partial charge in [0.05, 0.1) is 16.1 Å². The Hall–Kier alpha value is -3.03. The summed E-state index contributed by atoms with van der Waals surface area (Å²) in [6.07, 6.45) is 2.06. The second kappa shape index (κ2) is 10.1. The fourth-order valence-electron chi connectivity index (χ4n) is 3.41. The standard InChI is InChI=1S/C23H24Cl2N4O3/c1-13(2)10-19(26-21(30)16-9-8-14(24)11-18(16)25)23(32)28-27-22(31)17-12-29(3)20-7-5-4-6-15(17)20/h4-9,11-13,19H,10H2,1-3H3,(H,26,30)(H,27,31)(H,28,32). The Morgan fingerprint density at radius 2 is 1.69 bits per heavy atom. The lowest BCUT2D eigenvalue weighted by atomic mass is 10.0. The van der Waals surface area contributed by atoms with Gasteiger partial charge in [-0.3, -0.25) is 25.2 Å². The first kappa shape index (κ1) is 23.6. The Balaban J connectivity index is 1.70. The van der Waals surface area contributed by atoms with Crippen molar-refractivity contribution in [3.63, 3.8) is 0 Å². The third-order valence-corrected chi connectivity index (χ3v) is 5.49. The predicted molar refractivity (Wildman–Crippen MR) is 126 cm³/mol. The number of hydrogen-bond donors (Lipinski definition) is 3. The monoisotopic (exact) mass is 474 g/mol. The first-order valence-electron chi connectivity index (χ1n) is 10.1. The fourth-order valence-corrected chi connectivity index (χ4v) is 3.90. The maximum absolute atomic E-state index is 12.8. The van der Waals surface area contributed by atoms with Crippen molar-refractivity contribution in [2.75, 3.05) is 0 Å². The van der Waals surface area contributed by atoms with E-state index in [0.29, 0.717) is 17.0 Å². The smallest absolute Gasteiger partial charge is 0.271 e. The lowest BCUT2D eigenvalue weighted by Crippen LogP contribution is -2.52. The number of para-hydroxylation sites is 1. The van der Waals surface area contributed by atoms with Crippen LogP contribution >= 0.6 is 23.2 Å². The number of carbonyl (C=O) groups excluding carboxylic acids is 3. The number of aryl methyl sites for hydroxylation is 1. The molecular formula is C23H24Cl2N4O3. The highest BCUT2D eigenvalue weighted by atomic mass is 35.5. The van der Waals surface area contributed by atoms with Crippen LogP contribution in [0.15, 0.2) is 48.7 Å². The molecule has 0 saturated carbocycles. The van der Waals surface area contributed by atoms with E-state index >= 15 is 0 Å². The van der Waals surface area contributed by atoms with Gasteiger partial charge >= 0.3 is 0 Å². The molecule has 1 atom stereocenters. The summed E-state index contributed by atoms with van der Waals surface area (Å²) >= 11 is 12.0. The van der Waals surface area contributed by atoms with E-state index in [1.165, 1.54) is 12.1 Å². The summed E-state index contributed by atoms with van der Waals surface area (Å²) in [6.45, 7) is 3.85. The molecule has 1 heterocycles. The molecule has 0 aliphatic carbocycles. The minimum atomic E-state index is -0.873. The van der Waals surface area contributed by atoms with E-state index in [1.54, 1.807) is 12.3 Å². The van der Waals surface area contributed by atoms with Crippen LogP contribution in [0, 0.1) is 5.92 Å². The summed E-state index contributed by atoms with van der Waals surface area (Å²) in [5, 5.41) is 4.04. The van der Waals surface area contributed by atoms with E-state index in [2.05, 4.69) is 16.2 Å². The molecule has 3 aromatic rings. The number of fused-ring (bicyclic) bond motifs is 1. The molecule has 2 aromatic carbocycles. The van der Waals surface area contributed by atoms with E-state index in [0.717, 1.165) is 10.9 Å². The lowest BCUT2D eigenvalue weighted by molar-refractivity contribution is -0.124. The van der Waals surface area contributed by atoms with Crippen molar-refractivity contribution in [2.45, 2.75) is 26.3 Å². The van der Waals surface area contributed by atoms with Gasteiger partial charge in [-0.15, -0.1) is 0 Å². The highest BCUT2D eigenvalue weighted by molar-refractivity contribution is 6.36. The SMILES string of the molecule is CC(C)CC(NC(=O)c1ccc(Cl)cc1Cl)C(=O)NNC(=O)c1cn(C)c2ccccc12. The molecule has 168 valence electrons. The normalized spacial score (nSPS) is 11.9. The topological polar surface area (TPSA) is 92.2 Å². The van der Waals surface area contributed by atoms with Crippen LogP contribution in [0.1, 0.15) is 41.0 Å². The largest absolute Gasteiger partial charge is 0.350 e. The Bertz CT molecular complexity index is 1170. The van der Waals surface area contributed by atoms with Crippen LogP contribution in [0.4, 0.5) is 0 Å². The second-order valence-corrected chi connectivity index (χ2v) is 8.74. The molecule has 3 rings (SSSR count). The number of nitrogens with one attached hydrogen (secondary N) is 3. The zero-order valence-corrected chi connectivity index (χ0v) is 19.4. The van der Waals surface area contributed by atoms with Crippen molar-refractivity contribution in [1.82, 2.24) is 20.7 Å². The Morgan fingerprint density at radius 1 is 0.969 bits per heavy atom. The molecule has 0 aliphatic heterocycles. The number of hydrogen-bond acceptors (Lipinski definition) is 3. The number of halogens is 2. The number of rotatable bonds is 6. The average molecular weight is 475 g/mol. The van der Waals surface area contributed by atoms with Gasteiger partial charge in [-0.05, 0) is 36.6 Å². The van der Waals surface area contributed by atoms with Crippen molar-refractivity contribution < 1.29 is 14.4 Å². The lowest BCUT2D eigenvalue weighted by Gasteiger charge is -2.20. The van der Waals surface area contributed by atoms with Crippen LogP contribution in [0.5, 0.6) is 0 Å². The summed E-state index contributed by atoms with van der Waals surface area (Å²) in [4.78, 5) is 38.1. The number of amides is 3. The average Bonchev–Trinajstić information content (AvgIpc) is 3.08. The summed E-state index contributed by atoms with van der Waals surface area (Å²) in [5.41, 5.74) is 6.40. The van der Waals surface area contributed by atoms with Gasteiger partial charge in [-0.25, -0.2) is 0 Å². The van der Waals surface area contributed by atoms with Crippen LogP contribution in [0.25, 0.3) is 10.9 Å². The van der Waals surface area contributed by atoms with E-state index in [4.69, 9.17) is 23.2 Å². The van der Waals surface area contributed by atoms with Crippen molar-refractivity contribution in [2.24, 2.45) is 13.0 Å². The second-order valence-electron chi connectivity index (χ2n) is 7.89. The van der Waals surface area contributed by atoms with Gasteiger partial charge in [0.2, 0.25) is 0 Å². The van der Waals surface area contributed by atoms with Crippen LogP contribution in [-0.4, -0.2) is 28.3 Å². The van der Waals surface area contributed by atoms with Gasteiger partial charge in [0, 0.05) is 29.2 Å². The zero-order chi connectivity index (χ0) is 23.4. The van der Waals surface area contributed by atoms with E-state index < -0.39 is 23.8 Å². The highest BCUT2D eigenvalue weighted by Crippen LogP contribution is 2.22. The molecule has 7 nitrogen and oxygen atoms in total. The van der Waals surface area contributed by atoms with Gasteiger partial charge in [-0.2, -0.15) is 0 Å². The van der Waals surface area contributed by atoms with Crippen LogP contribution in [-0.2, 0) is 11.8 Å². The quantitative estimate of drug-likeness (QED) is 0.469. The minimum Gasteiger partial charge on any atom is -0.350 e. The predicted octanol–water partition coefficient (Wildman–Crippen LogP) is 4.09. The molecule has 32 heavy (non-hydrogen) atoms. The number of carbonyl (C=O) groups is 3. The Labute approximate surface area is 196 Å². The minimum absolute atomic E-state index is 0.112. The van der Waals surface area contributed by atoms with Crippen molar-refractivity contribution in [1.29, 1.82) is 0 Å². The molecule has 0 aliphatic rings. The molecule has 0 saturated heterocycles. The number of aromatic nitrogens is 1. The van der Waals surface area contributed by atoms with Crippen molar-refractivity contribution in [3.8, 4) is 0 Å². The molecule has 3 N–H and O–H groups in total. The van der Waals surface area contributed by atoms with Crippen molar-refractivity contribution >= 4 is 51.8 Å². The van der Waals surface area contributed by atoms with Crippen molar-refractivity contribution in [3.05, 3.63) is 69.8 Å². The van der Waals surface area contributed by atoms with Gasteiger partial charge in [0.15, 0.2) is 0 Å². The van der Waals surface area contributed by atoms with E-state index in [-0.39, 0.29) is 16.5 Å². The summed E-state index contributed by atoms with van der Waals surface area (Å²) in [7, 11) is 1.84. The molecule has 1 unspecified atom stereocenters. The Morgan fingerprint density at radius 3 is 2.38 bits per heavy atom. The zero-order valence-electron chi connectivity index (χ0n) is 17.9. The van der Waals surface area contributed by atoms with Crippen LogP contribution in [0.3, 0.4) is 0 Å². The van der Waals surface area contributed by atoms with E-state index in [1.807, 2.05) is 49.7 Å². The Kier molecular flexibility index (Phi) is 7.43. The molecule has 9 heteroatoms. The number of benzene rings is 2. The maximum Gasteiger partial charge on any atom is 0.271 e.